The average Bonchev–Trinajstić information content (AvgIpc) is 2.68. The van der Waals surface area contributed by atoms with Crippen molar-refractivity contribution in [1.29, 1.82) is 0 Å². The molecule has 7 heteroatoms. The van der Waals surface area contributed by atoms with Crippen LogP contribution in [-0.4, -0.2) is 42.1 Å². The van der Waals surface area contributed by atoms with E-state index < -0.39 is 0 Å². The number of nitrogens with two attached hydrogens (primary N) is 1. The molecule has 0 atom stereocenters. The maximum absolute atomic E-state index is 11.3. The van der Waals surface area contributed by atoms with Crippen LogP contribution in [0.4, 0.5) is 5.82 Å². The monoisotopic (exact) mass is 356 g/mol. The van der Waals surface area contributed by atoms with Gasteiger partial charge in [-0.2, -0.15) is 0 Å². The molecular weight excluding hydrogens is 328 g/mol. The molecule has 3 rings (SSSR count). The van der Waals surface area contributed by atoms with Crippen molar-refractivity contribution in [2.45, 2.75) is 26.7 Å². The standard InChI is InChI=1S/C18H24N6O.CH4/c19-23-18(25)11-15-3-1-14(2-4-15)5-6-16-12-21-13-17(22-16)24-9-7-20-8-10-24;/h1-4,12-13,20H,5-11,19H2,(H,23,25);1H4. The summed E-state index contributed by atoms with van der Waals surface area (Å²) in [6, 6.07) is 8.03. The molecule has 0 unspecified atom stereocenters. The van der Waals surface area contributed by atoms with Gasteiger partial charge in [-0.15, -0.1) is 0 Å². The zero-order valence-electron chi connectivity index (χ0n) is 14.2. The van der Waals surface area contributed by atoms with Crippen LogP contribution in [0.1, 0.15) is 24.2 Å². The summed E-state index contributed by atoms with van der Waals surface area (Å²) in [4.78, 5) is 22.6. The first-order chi connectivity index (χ1) is 12.2. The van der Waals surface area contributed by atoms with Crippen LogP contribution in [0.25, 0.3) is 0 Å². The van der Waals surface area contributed by atoms with Crippen LogP contribution in [0.2, 0.25) is 0 Å². The minimum atomic E-state index is -0.187. The summed E-state index contributed by atoms with van der Waals surface area (Å²) in [5.41, 5.74) is 5.31. The number of nitrogens with one attached hydrogen (secondary N) is 2. The molecule has 0 aliphatic carbocycles. The van der Waals surface area contributed by atoms with Crippen molar-refractivity contribution in [3.8, 4) is 0 Å². The maximum atomic E-state index is 11.3. The summed E-state index contributed by atoms with van der Waals surface area (Å²) in [6.07, 6.45) is 5.71. The largest absolute Gasteiger partial charge is 0.353 e. The van der Waals surface area contributed by atoms with E-state index in [9.17, 15) is 4.79 Å². The summed E-state index contributed by atoms with van der Waals surface area (Å²) in [5.74, 6) is 5.88. The average molecular weight is 356 g/mol. The molecule has 4 N–H and O–H groups in total. The molecular formula is C19H28N6O. The highest BCUT2D eigenvalue weighted by Gasteiger charge is 2.12. The lowest BCUT2D eigenvalue weighted by molar-refractivity contribution is -0.120. The van der Waals surface area contributed by atoms with Crippen molar-refractivity contribution in [2.75, 3.05) is 31.1 Å². The van der Waals surface area contributed by atoms with Gasteiger partial charge in [-0.3, -0.25) is 15.2 Å². The fourth-order valence-corrected chi connectivity index (χ4v) is 2.89. The molecule has 2 heterocycles. The Balaban J connectivity index is 0.00000243. The van der Waals surface area contributed by atoms with Crippen LogP contribution in [-0.2, 0) is 24.1 Å². The Morgan fingerprint density at radius 2 is 1.81 bits per heavy atom. The van der Waals surface area contributed by atoms with E-state index in [0.29, 0.717) is 6.42 Å². The molecule has 1 aromatic heterocycles. The van der Waals surface area contributed by atoms with Gasteiger partial charge in [0.15, 0.2) is 0 Å². The Hall–Kier alpha value is -2.51. The van der Waals surface area contributed by atoms with Crippen molar-refractivity contribution >= 4 is 11.7 Å². The van der Waals surface area contributed by atoms with Gasteiger partial charge in [0.05, 0.1) is 18.3 Å². The van der Waals surface area contributed by atoms with Gasteiger partial charge in [-0.1, -0.05) is 31.7 Å². The number of aryl methyl sites for hydroxylation is 2. The third-order valence-corrected chi connectivity index (χ3v) is 4.33. The minimum Gasteiger partial charge on any atom is -0.353 e. The molecule has 1 aliphatic rings. The Bertz CT molecular complexity index is 697. The lowest BCUT2D eigenvalue weighted by atomic mass is 10.0. The highest BCUT2D eigenvalue weighted by Crippen LogP contribution is 2.13. The van der Waals surface area contributed by atoms with Gasteiger partial charge in [0, 0.05) is 32.4 Å². The van der Waals surface area contributed by atoms with Gasteiger partial charge in [0.2, 0.25) is 5.91 Å². The fraction of sp³-hybridized carbons (Fsp3) is 0.421. The molecule has 0 bridgehead atoms. The van der Waals surface area contributed by atoms with E-state index >= 15 is 0 Å². The second kappa shape index (κ2) is 9.84. The number of anilines is 1. The van der Waals surface area contributed by atoms with Gasteiger partial charge in [-0.05, 0) is 24.0 Å². The van der Waals surface area contributed by atoms with Gasteiger partial charge >= 0.3 is 0 Å². The smallest absolute Gasteiger partial charge is 0.238 e. The maximum Gasteiger partial charge on any atom is 0.238 e. The van der Waals surface area contributed by atoms with Gasteiger partial charge in [0.25, 0.3) is 0 Å². The molecule has 1 fully saturated rings. The molecule has 0 saturated carbocycles. The first kappa shape index (κ1) is 19.8. The topological polar surface area (TPSA) is 96.2 Å². The van der Waals surface area contributed by atoms with Crippen LogP contribution < -0.4 is 21.5 Å². The van der Waals surface area contributed by atoms with Crippen molar-refractivity contribution in [3.05, 3.63) is 53.5 Å². The molecule has 140 valence electrons. The van der Waals surface area contributed by atoms with Gasteiger partial charge in [-0.25, -0.2) is 10.8 Å². The zero-order chi connectivity index (χ0) is 17.5. The van der Waals surface area contributed by atoms with Crippen molar-refractivity contribution in [1.82, 2.24) is 20.7 Å². The number of benzene rings is 1. The Morgan fingerprint density at radius 3 is 2.50 bits per heavy atom. The number of nitrogens with zero attached hydrogens (tertiary/aromatic N) is 3. The fourth-order valence-electron chi connectivity index (χ4n) is 2.89. The Kier molecular flexibility index (Phi) is 7.50. The van der Waals surface area contributed by atoms with E-state index in [-0.39, 0.29) is 13.3 Å². The molecule has 26 heavy (non-hydrogen) atoms. The predicted octanol–water partition coefficient (Wildman–Crippen LogP) is 0.840. The summed E-state index contributed by atoms with van der Waals surface area (Å²) >= 11 is 0. The molecule has 1 aromatic carbocycles. The lowest BCUT2D eigenvalue weighted by Gasteiger charge is -2.28. The molecule has 1 amide bonds. The Morgan fingerprint density at radius 1 is 1.12 bits per heavy atom. The number of amides is 1. The number of carbonyl (C=O) groups is 1. The SMILES string of the molecule is C.NNC(=O)Cc1ccc(CCc2cncc(N3CCNCC3)n2)cc1. The third-order valence-electron chi connectivity index (χ3n) is 4.33. The molecule has 1 saturated heterocycles. The zero-order valence-corrected chi connectivity index (χ0v) is 14.2. The second-order valence-electron chi connectivity index (χ2n) is 6.17. The summed E-state index contributed by atoms with van der Waals surface area (Å²) in [7, 11) is 0. The number of hydrazine groups is 1. The van der Waals surface area contributed by atoms with Crippen LogP contribution in [0.15, 0.2) is 36.7 Å². The number of aromatic nitrogens is 2. The van der Waals surface area contributed by atoms with Crippen LogP contribution in [0.5, 0.6) is 0 Å². The molecule has 1 aliphatic heterocycles. The van der Waals surface area contributed by atoms with Crippen molar-refractivity contribution < 1.29 is 4.79 Å². The first-order valence-corrected chi connectivity index (χ1v) is 8.58. The summed E-state index contributed by atoms with van der Waals surface area (Å²) in [6.45, 7) is 3.91. The number of rotatable bonds is 6. The van der Waals surface area contributed by atoms with E-state index in [1.807, 2.05) is 36.7 Å². The first-order valence-electron chi connectivity index (χ1n) is 8.58. The number of carbonyl (C=O) groups excluding carboxylic acids is 1. The summed E-state index contributed by atoms with van der Waals surface area (Å²) < 4.78 is 0. The molecule has 2 aromatic rings. The van der Waals surface area contributed by atoms with Crippen molar-refractivity contribution in [2.24, 2.45) is 5.84 Å². The molecule has 7 nitrogen and oxygen atoms in total. The van der Waals surface area contributed by atoms with Gasteiger partial charge in [0.1, 0.15) is 5.82 Å². The van der Waals surface area contributed by atoms with Crippen molar-refractivity contribution in [3.63, 3.8) is 0 Å². The molecule has 0 spiro atoms. The van der Waals surface area contributed by atoms with E-state index in [1.165, 1.54) is 5.56 Å². The normalized spacial score (nSPS) is 13.8. The highest BCUT2D eigenvalue weighted by atomic mass is 16.2. The van der Waals surface area contributed by atoms with E-state index in [1.54, 1.807) is 0 Å². The molecule has 0 radical (unpaired) electrons. The number of piperazine rings is 1. The number of hydrogen-bond acceptors (Lipinski definition) is 6. The van der Waals surface area contributed by atoms with Gasteiger partial charge < -0.3 is 10.2 Å². The summed E-state index contributed by atoms with van der Waals surface area (Å²) in [5, 5.41) is 3.34. The third kappa shape index (κ3) is 5.50. The van der Waals surface area contributed by atoms with Crippen LogP contribution >= 0.6 is 0 Å². The predicted molar refractivity (Wildman–Crippen MR) is 104 cm³/mol. The lowest BCUT2D eigenvalue weighted by Crippen LogP contribution is -2.44. The minimum absolute atomic E-state index is 0. The van der Waals surface area contributed by atoms with Crippen LogP contribution in [0.3, 0.4) is 0 Å². The highest BCUT2D eigenvalue weighted by molar-refractivity contribution is 5.77. The van der Waals surface area contributed by atoms with E-state index in [0.717, 1.165) is 56.1 Å². The number of hydrogen-bond donors (Lipinski definition) is 3. The Labute approximate surface area is 155 Å². The quantitative estimate of drug-likeness (QED) is 0.403. The van der Waals surface area contributed by atoms with E-state index in [2.05, 4.69) is 20.6 Å². The second-order valence-corrected chi connectivity index (χ2v) is 6.17. The van der Waals surface area contributed by atoms with Crippen LogP contribution in [0, 0.1) is 0 Å². The van der Waals surface area contributed by atoms with E-state index in [4.69, 9.17) is 10.8 Å².